The van der Waals surface area contributed by atoms with Crippen molar-refractivity contribution in [2.45, 2.75) is 12.2 Å². The highest BCUT2D eigenvalue weighted by atomic mass is 35.5. The summed E-state index contributed by atoms with van der Waals surface area (Å²) in [6, 6.07) is 18.1. The average Bonchev–Trinajstić information content (AvgIpc) is 3.09. The van der Waals surface area contributed by atoms with E-state index in [4.69, 9.17) is 11.6 Å². The van der Waals surface area contributed by atoms with Crippen molar-refractivity contribution >= 4 is 35.1 Å². The molecule has 172 valence electrons. The summed E-state index contributed by atoms with van der Waals surface area (Å²) >= 11 is 5.97. The maximum Gasteiger partial charge on any atom is 0.416 e. The number of rotatable bonds is 5. The number of hydrogen-bond acceptors (Lipinski definition) is 3. The number of aliphatic hydroxyl groups excluding tert-OH is 1. The van der Waals surface area contributed by atoms with Crippen LogP contribution in [0.4, 0.5) is 18.9 Å². The molecule has 3 aromatic carbocycles. The predicted octanol–water partition coefficient (Wildman–Crippen LogP) is 6.54. The van der Waals surface area contributed by atoms with Crippen LogP contribution >= 0.6 is 11.6 Å². The molecular weight excluding hydrogens is 467 g/mol. The van der Waals surface area contributed by atoms with Crippen LogP contribution in [-0.2, 0) is 15.8 Å². The normalized spacial score (nSPS) is 16.5. The van der Waals surface area contributed by atoms with Crippen molar-refractivity contribution in [3.63, 3.8) is 0 Å². The van der Waals surface area contributed by atoms with Gasteiger partial charge >= 0.3 is 6.18 Å². The fourth-order valence-corrected chi connectivity index (χ4v) is 3.87. The van der Waals surface area contributed by atoms with Gasteiger partial charge in [-0.2, -0.15) is 13.2 Å². The summed E-state index contributed by atoms with van der Waals surface area (Å²) in [6.45, 7) is 0. The standard InChI is InChI=1S/C26H17ClF3NO3/c27-19-12-10-17(11-13-19)23-22(21(32)14-9-16-5-2-1-3-6-16)24(33)25(34)31(23)20-8-4-7-18(15-20)26(28,29)30/h1-15,23,33H/b14-9+. The Hall–Kier alpha value is -3.84. The van der Waals surface area contributed by atoms with Gasteiger partial charge in [-0.05, 0) is 47.5 Å². The first-order chi connectivity index (χ1) is 16.2. The van der Waals surface area contributed by atoms with Gasteiger partial charge in [0.2, 0.25) is 0 Å². The SMILES string of the molecule is O=C(/C=C/c1ccccc1)C1=C(O)C(=O)N(c2cccc(C(F)(F)F)c2)C1c1ccc(Cl)cc1. The first-order valence-electron chi connectivity index (χ1n) is 10.1. The highest BCUT2D eigenvalue weighted by Crippen LogP contribution is 2.42. The zero-order valence-electron chi connectivity index (χ0n) is 17.5. The number of nitrogens with zero attached hydrogens (tertiary/aromatic N) is 1. The molecule has 0 spiro atoms. The van der Waals surface area contributed by atoms with Crippen LogP contribution < -0.4 is 4.90 Å². The molecule has 1 aliphatic rings. The number of carbonyl (C=O) groups is 2. The Kier molecular flexibility index (Phi) is 6.30. The van der Waals surface area contributed by atoms with Crippen molar-refractivity contribution in [2.75, 3.05) is 4.90 Å². The molecule has 1 aliphatic heterocycles. The van der Waals surface area contributed by atoms with Crippen molar-refractivity contribution in [1.82, 2.24) is 0 Å². The third-order valence-corrected chi connectivity index (χ3v) is 5.59. The number of aliphatic hydroxyl groups is 1. The summed E-state index contributed by atoms with van der Waals surface area (Å²) in [7, 11) is 0. The van der Waals surface area contributed by atoms with Gasteiger partial charge in [0.05, 0.1) is 17.2 Å². The van der Waals surface area contributed by atoms with Crippen LogP contribution in [-0.4, -0.2) is 16.8 Å². The minimum absolute atomic E-state index is 0.110. The lowest BCUT2D eigenvalue weighted by Gasteiger charge is -2.27. The first-order valence-corrected chi connectivity index (χ1v) is 10.5. The second-order valence-corrected chi connectivity index (χ2v) is 7.98. The molecule has 0 aromatic heterocycles. The van der Waals surface area contributed by atoms with E-state index in [1.165, 1.54) is 30.4 Å². The van der Waals surface area contributed by atoms with Crippen LogP contribution in [0.25, 0.3) is 6.08 Å². The number of amides is 1. The monoisotopic (exact) mass is 483 g/mol. The number of carbonyl (C=O) groups excluding carboxylic acids is 2. The molecular formula is C26H17ClF3NO3. The zero-order chi connectivity index (χ0) is 24.5. The molecule has 0 fully saturated rings. The molecule has 0 saturated carbocycles. The number of alkyl halides is 3. The number of anilines is 1. The second-order valence-electron chi connectivity index (χ2n) is 7.55. The lowest BCUT2D eigenvalue weighted by molar-refractivity contribution is -0.137. The van der Waals surface area contributed by atoms with Crippen molar-refractivity contribution in [2.24, 2.45) is 0 Å². The Morgan fingerprint density at radius 2 is 1.65 bits per heavy atom. The summed E-state index contributed by atoms with van der Waals surface area (Å²) in [5, 5.41) is 11.1. The molecule has 34 heavy (non-hydrogen) atoms. The third kappa shape index (κ3) is 4.61. The molecule has 1 atom stereocenters. The first kappa shape index (κ1) is 23.3. The van der Waals surface area contributed by atoms with Crippen LogP contribution in [0.1, 0.15) is 22.7 Å². The van der Waals surface area contributed by atoms with Crippen LogP contribution in [0, 0.1) is 0 Å². The van der Waals surface area contributed by atoms with Crippen LogP contribution in [0.2, 0.25) is 5.02 Å². The molecule has 8 heteroatoms. The molecule has 0 saturated heterocycles. The average molecular weight is 484 g/mol. The largest absolute Gasteiger partial charge is 0.503 e. The van der Waals surface area contributed by atoms with E-state index in [1.807, 2.05) is 6.07 Å². The fourth-order valence-electron chi connectivity index (χ4n) is 3.74. The van der Waals surface area contributed by atoms with Gasteiger partial charge in [0.15, 0.2) is 11.5 Å². The van der Waals surface area contributed by atoms with Crippen LogP contribution in [0.3, 0.4) is 0 Å². The van der Waals surface area contributed by atoms with Gasteiger partial charge in [0.1, 0.15) is 0 Å². The highest BCUT2D eigenvalue weighted by molar-refractivity contribution is 6.30. The summed E-state index contributed by atoms with van der Waals surface area (Å²) in [5.41, 5.74) is -0.192. The van der Waals surface area contributed by atoms with E-state index >= 15 is 0 Å². The van der Waals surface area contributed by atoms with E-state index in [-0.39, 0.29) is 11.3 Å². The molecule has 4 nitrogen and oxygen atoms in total. The summed E-state index contributed by atoms with van der Waals surface area (Å²) in [5.74, 6) is -2.44. The van der Waals surface area contributed by atoms with Gasteiger partial charge in [-0.1, -0.05) is 66.2 Å². The quantitative estimate of drug-likeness (QED) is 0.419. The van der Waals surface area contributed by atoms with Gasteiger partial charge in [-0.15, -0.1) is 0 Å². The summed E-state index contributed by atoms with van der Waals surface area (Å²) < 4.78 is 40.0. The molecule has 0 aliphatic carbocycles. The summed E-state index contributed by atoms with van der Waals surface area (Å²) in [4.78, 5) is 27.2. The number of allylic oxidation sites excluding steroid dienone is 1. The maximum absolute atomic E-state index is 13.3. The topological polar surface area (TPSA) is 57.6 Å². The molecule has 0 radical (unpaired) electrons. The van der Waals surface area contributed by atoms with E-state index < -0.39 is 35.2 Å². The predicted molar refractivity (Wildman–Crippen MR) is 123 cm³/mol. The van der Waals surface area contributed by atoms with E-state index in [9.17, 15) is 27.9 Å². The van der Waals surface area contributed by atoms with Gasteiger partial charge in [-0.3, -0.25) is 14.5 Å². The number of benzene rings is 3. The van der Waals surface area contributed by atoms with Crippen molar-refractivity contribution in [3.05, 3.63) is 118 Å². The minimum Gasteiger partial charge on any atom is -0.503 e. The third-order valence-electron chi connectivity index (χ3n) is 5.34. The van der Waals surface area contributed by atoms with Crippen molar-refractivity contribution in [1.29, 1.82) is 0 Å². The van der Waals surface area contributed by atoms with Crippen molar-refractivity contribution in [3.8, 4) is 0 Å². The number of hydrogen-bond donors (Lipinski definition) is 1. The Bertz CT molecular complexity index is 1300. The Labute approximate surface area is 198 Å². The lowest BCUT2D eigenvalue weighted by atomic mass is 9.95. The fraction of sp³-hybridized carbons (Fsp3) is 0.0769. The van der Waals surface area contributed by atoms with Gasteiger partial charge in [-0.25, -0.2) is 0 Å². The summed E-state index contributed by atoms with van der Waals surface area (Å²) in [6.07, 6.45) is -1.90. The van der Waals surface area contributed by atoms with E-state index in [2.05, 4.69) is 0 Å². The lowest BCUT2D eigenvalue weighted by Crippen LogP contribution is -2.31. The second kappa shape index (κ2) is 9.19. The van der Waals surface area contributed by atoms with E-state index in [0.29, 0.717) is 10.6 Å². The molecule has 0 bridgehead atoms. The molecule has 1 N–H and O–H groups in total. The van der Waals surface area contributed by atoms with Gasteiger partial charge < -0.3 is 5.11 Å². The number of halogens is 4. The van der Waals surface area contributed by atoms with Gasteiger partial charge in [0, 0.05) is 10.7 Å². The van der Waals surface area contributed by atoms with E-state index in [0.717, 1.165) is 28.7 Å². The smallest absolute Gasteiger partial charge is 0.416 e. The van der Waals surface area contributed by atoms with Crippen LogP contribution in [0.5, 0.6) is 0 Å². The molecule has 1 heterocycles. The zero-order valence-corrected chi connectivity index (χ0v) is 18.2. The highest BCUT2D eigenvalue weighted by Gasteiger charge is 2.44. The van der Waals surface area contributed by atoms with Crippen molar-refractivity contribution < 1.29 is 27.9 Å². The molecule has 3 aromatic rings. The molecule has 4 rings (SSSR count). The molecule has 1 unspecified atom stereocenters. The van der Waals surface area contributed by atoms with Gasteiger partial charge in [0.25, 0.3) is 5.91 Å². The number of ketones is 1. The minimum atomic E-state index is -4.64. The Morgan fingerprint density at radius 1 is 0.971 bits per heavy atom. The molecule has 1 amide bonds. The maximum atomic E-state index is 13.3. The van der Waals surface area contributed by atoms with E-state index in [1.54, 1.807) is 36.4 Å². The van der Waals surface area contributed by atoms with Crippen LogP contribution in [0.15, 0.2) is 96.3 Å². The Morgan fingerprint density at radius 3 is 2.29 bits per heavy atom. The Balaban J connectivity index is 1.81.